The van der Waals surface area contributed by atoms with Crippen LogP contribution in [-0.2, 0) is 14.8 Å². The largest absolute Gasteiger partial charge is 0.497 e. The van der Waals surface area contributed by atoms with Gasteiger partial charge in [-0.25, -0.2) is 13.6 Å². The van der Waals surface area contributed by atoms with Crippen LogP contribution in [0.1, 0.15) is 0 Å². The summed E-state index contributed by atoms with van der Waals surface area (Å²) in [5, 5.41) is 19.6. The van der Waals surface area contributed by atoms with E-state index in [2.05, 4.69) is 10.6 Å². The molecule has 0 unspecified atom stereocenters. The van der Waals surface area contributed by atoms with Gasteiger partial charge in [0.1, 0.15) is 23.1 Å². The normalized spacial score (nSPS) is 11.3. The van der Waals surface area contributed by atoms with Gasteiger partial charge in [-0.3, -0.25) is 4.79 Å². The molecule has 1 amide bonds. The minimum atomic E-state index is -3.83. The molecule has 2 rings (SSSR count). The van der Waals surface area contributed by atoms with Gasteiger partial charge in [-0.05, 0) is 36.4 Å². The molecule has 0 saturated heterocycles. The summed E-state index contributed by atoms with van der Waals surface area (Å²) in [5.74, 6) is 0.380. The number of primary sulfonamides is 1. The third kappa shape index (κ3) is 5.23. The van der Waals surface area contributed by atoms with Gasteiger partial charge >= 0.3 is 0 Å². The highest BCUT2D eigenvalue weighted by molar-refractivity contribution is 7.89. The second-order valence-corrected chi connectivity index (χ2v) is 6.97. The number of benzene rings is 2. The van der Waals surface area contributed by atoms with Crippen molar-refractivity contribution in [2.45, 2.75) is 4.90 Å². The molecule has 0 heterocycles. The van der Waals surface area contributed by atoms with Gasteiger partial charge in [0.2, 0.25) is 10.0 Å². The summed E-state index contributed by atoms with van der Waals surface area (Å²) in [6.07, 6.45) is 1.23. The number of carbonyl (C=O) groups excluding carboxylic acids is 1. The molecule has 0 bridgehead atoms. The predicted molar refractivity (Wildman–Crippen MR) is 103 cm³/mol. The van der Waals surface area contributed by atoms with Gasteiger partial charge in [-0.1, -0.05) is 0 Å². The summed E-state index contributed by atoms with van der Waals surface area (Å²) < 4.78 is 32.8. The second kappa shape index (κ2) is 8.90. The van der Waals surface area contributed by atoms with Crippen molar-refractivity contribution in [1.82, 2.24) is 0 Å². The third-order valence-corrected chi connectivity index (χ3v) is 4.52. The van der Waals surface area contributed by atoms with Gasteiger partial charge in [-0.2, -0.15) is 5.26 Å². The average Bonchev–Trinajstić information content (AvgIpc) is 2.68. The Morgan fingerprint density at radius 2 is 1.82 bits per heavy atom. The van der Waals surface area contributed by atoms with Crippen molar-refractivity contribution in [3.05, 3.63) is 54.2 Å². The fourth-order valence-electron chi connectivity index (χ4n) is 2.14. The fraction of sp³-hybridized carbons (Fsp3) is 0.111. The van der Waals surface area contributed by atoms with Crippen LogP contribution in [0.25, 0.3) is 0 Å². The number of nitrogens with two attached hydrogens (primary N) is 1. The molecule has 0 spiro atoms. The number of nitrogens with zero attached hydrogens (tertiary/aromatic N) is 1. The summed E-state index contributed by atoms with van der Waals surface area (Å²) >= 11 is 0. The lowest BCUT2D eigenvalue weighted by Crippen LogP contribution is -2.15. The van der Waals surface area contributed by atoms with Gasteiger partial charge in [0.05, 0.1) is 24.8 Å². The Hall–Kier alpha value is -3.55. The number of ether oxygens (including phenoxy) is 2. The van der Waals surface area contributed by atoms with E-state index in [1.807, 2.05) is 0 Å². The standard InChI is InChI=1S/C18H18N4O5S/c1-26-14-5-8-16(17(9-14)27-2)21-11-12(10-19)18(23)22-13-3-6-15(7-4-13)28(20,24)25/h3-9,11,21H,1-2H3,(H,22,23)(H2,20,24,25)/b12-11-. The topological polar surface area (TPSA) is 144 Å². The molecule has 0 aromatic heterocycles. The molecule has 28 heavy (non-hydrogen) atoms. The van der Waals surface area contributed by atoms with E-state index in [1.54, 1.807) is 24.3 Å². The highest BCUT2D eigenvalue weighted by Gasteiger charge is 2.12. The van der Waals surface area contributed by atoms with Crippen LogP contribution >= 0.6 is 0 Å². The van der Waals surface area contributed by atoms with Crippen molar-refractivity contribution in [2.75, 3.05) is 24.9 Å². The lowest BCUT2D eigenvalue weighted by atomic mass is 10.2. The van der Waals surface area contributed by atoms with Crippen molar-refractivity contribution in [2.24, 2.45) is 5.14 Å². The quantitative estimate of drug-likeness (QED) is 0.473. The van der Waals surface area contributed by atoms with E-state index < -0.39 is 15.9 Å². The Morgan fingerprint density at radius 1 is 1.14 bits per heavy atom. The van der Waals surface area contributed by atoms with Crippen LogP contribution in [-0.4, -0.2) is 28.5 Å². The number of sulfonamides is 1. The number of hydrogen-bond acceptors (Lipinski definition) is 7. The lowest BCUT2D eigenvalue weighted by Gasteiger charge is -2.10. The van der Waals surface area contributed by atoms with E-state index >= 15 is 0 Å². The van der Waals surface area contributed by atoms with Crippen molar-refractivity contribution >= 4 is 27.3 Å². The number of amides is 1. The highest BCUT2D eigenvalue weighted by Crippen LogP contribution is 2.29. The molecule has 4 N–H and O–H groups in total. The molecule has 146 valence electrons. The Bertz CT molecular complexity index is 1040. The molecule has 0 radical (unpaired) electrons. The van der Waals surface area contributed by atoms with Crippen LogP contribution in [0.15, 0.2) is 59.1 Å². The number of rotatable bonds is 7. The predicted octanol–water partition coefficient (Wildman–Crippen LogP) is 1.81. The van der Waals surface area contributed by atoms with Gasteiger partial charge in [0.15, 0.2) is 0 Å². The maximum absolute atomic E-state index is 12.3. The zero-order valence-corrected chi connectivity index (χ0v) is 15.9. The lowest BCUT2D eigenvalue weighted by molar-refractivity contribution is -0.112. The highest BCUT2D eigenvalue weighted by atomic mass is 32.2. The van der Waals surface area contributed by atoms with Gasteiger partial charge in [-0.15, -0.1) is 0 Å². The maximum atomic E-state index is 12.3. The molecule has 9 nitrogen and oxygen atoms in total. The maximum Gasteiger partial charge on any atom is 0.267 e. The minimum Gasteiger partial charge on any atom is -0.497 e. The number of nitriles is 1. The molecular formula is C18H18N4O5S. The minimum absolute atomic E-state index is 0.0881. The molecule has 0 aliphatic carbocycles. The van der Waals surface area contributed by atoms with Gasteiger partial charge in [0.25, 0.3) is 5.91 Å². The van der Waals surface area contributed by atoms with Crippen LogP contribution in [0.2, 0.25) is 0 Å². The van der Waals surface area contributed by atoms with Crippen LogP contribution < -0.4 is 25.2 Å². The Kier molecular flexibility index (Phi) is 6.59. The summed E-state index contributed by atoms with van der Waals surface area (Å²) in [7, 11) is -0.825. The van der Waals surface area contributed by atoms with E-state index in [1.165, 1.54) is 44.7 Å². The zero-order chi connectivity index (χ0) is 20.7. The second-order valence-electron chi connectivity index (χ2n) is 5.40. The smallest absolute Gasteiger partial charge is 0.267 e. The van der Waals surface area contributed by atoms with Gasteiger partial charge in [0, 0.05) is 18.0 Å². The molecule has 0 fully saturated rings. The first-order valence-electron chi connectivity index (χ1n) is 7.81. The summed E-state index contributed by atoms with van der Waals surface area (Å²) in [6.45, 7) is 0. The van der Waals surface area contributed by atoms with E-state index in [0.29, 0.717) is 22.9 Å². The van der Waals surface area contributed by atoms with Crippen LogP contribution in [0.4, 0.5) is 11.4 Å². The van der Waals surface area contributed by atoms with E-state index in [-0.39, 0.29) is 10.5 Å². The number of hydrogen-bond donors (Lipinski definition) is 3. The monoisotopic (exact) mass is 402 g/mol. The fourth-order valence-corrected chi connectivity index (χ4v) is 2.66. The van der Waals surface area contributed by atoms with Crippen molar-refractivity contribution in [3.8, 4) is 17.6 Å². The molecule has 0 saturated carbocycles. The summed E-state index contributed by atoms with van der Waals surface area (Å²) in [5.41, 5.74) is 0.635. The summed E-state index contributed by atoms with van der Waals surface area (Å²) in [4.78, 5) is 12.2. The molecular weight excluding hydrogens is 384 g/mol. The Labute approximate surface area is 162 Å². The Balaban J connectivity index is 2.14. The van der Waals surface area contributed by atoms with Crippen LogP contribution in [0, 0.1) is 11.3 Å². The molecule has 0 aliphatic heterocycles. The first kappa shape index (κ1) is 20.8. The molecule has 2 aromatic carbocycles. The van der Waals surface area contributed by atoms with Crippen LogP contribution in [0.5, 0.6) is 11.5 Å². The third-order valence-electron chi connectivity index (χ3n) is 3.59. The van der Waals surface area contributed by atoms with Gasteiger partial charge < -0.3 is 20.1 Å². The first-order chi connectivity index (χ1) is 13.3. The SMILES string of the molecule is COc1ccc(N/C=C(/C#N)C(=O)Nc2ccc(S(N)(=O)=O)cc2)c(OC)c1. The first-order valence-corrected chi connectivity index (χ1v) is 9.36. The number of nitrogens with one attached hydrogen (secondary N) is 2. The van der Waals surface area contributed by atoms with Crippen LogP contribution in [0.3, 0.4) is 0 Å². The number of anilines is 2. The van der Waals surface area contributed by atoms with E-state index in [4.69, 9.17) is 14.6 Å². The molecule has 0 atom stereocenters. The van der Waals surface area contributed by atoms with Crippen molar-refractivity contribution in [3.63, 3.8) is 0 Å². The average molecular weight is 402 g/mol. The molecule has 0 aliphatic rings. The number of carbonyl (C=O) groups is 1. The molecule has 2 aromatic rings. The number of methoxy groups -OCH3 is 2. The zero-order valence-electron chi connectivity index (χ0n) is 15.1. The molecule has 10 heteroatoms. The van der Waals surface area contributed by atoms with E-state index in [0.717, 1.165) is 0 Å². The van der Waals surface area contributed by atoms with Crippen molar-refractivity contribution in [1.29, 1.82) is 5.26 Å². The van der Waals surface area contributed by atoms with E-state index in [9.17, 15) is 18.5 Å². The Morgan fingerprint density at radius 3 is 2.36 bits per heavy atom. The van der Waals surface area contributed by atoms with Crippen molar-refractivity contribution < 1.29 is 22.7 Å². The summed E-state index contributed by atoms with van der Waals surface area (Å²) in [6, 6.07) is 12.0.